The fraction of sp³-hybridized carbons (Fsp3) is 0.316. The van der Waals surface area contributed by atoms with Crippen LogP contribution in [-0.4, -0.2) is 31.3 Å². The first-order valence-electron chi connectivity index (χ1n) is 7.93. The van der Waals surface area contributed by atoms with Gasteiger partial charge in [0.05, 0.1) is 18.8 Å². The van der Waals surface area contributed by atoms with Gasteiger partial charge in [-0.3, -0.25) is 4.79 Å². The lowest BCUT2D eigenvalue weighted by molar-refractivity contribution is 0.0635. The number of phenols is 1. The molecule has 0 bridgehead atoms. The summed E-state index contributed by atoms with van der Waals surface area (Å²) in [4.78, 5) is 12.0. The summed E-state index contributed by atoms with van der Waals surface area (Å²) in [7, 11) is 1.50. The predicted molar refractivity (Wildman–Crippen MR) is 92.4 cm³/mol. The molecule has 0 saturated heterocycles. The molecule has 0 heterocycles. The Bertz CT molecular complexity index is 658. The second-order valence-corrected chi connectivity index (χ2v) is 5.42. The van der Waals surface area contributed by atoms with E-state index in [4.69, 9.17) is 9.47 Å². The quantitative estimate of drug-likeness (QED) is 0.729. The fourth-order valence-corrected chi connectivity index (χ4v) is 2.28. The average Bonchev–Trinajstić information content (AvgIpc) is 2.61. The van der Waals surface area contributed by atoms with E-state index in [1.807, 2.05) is 37.3 Å². The van der Waals surface area contributed by atoms with Gasteiger partial charge in [0.1, 0.15) is 11.5 Å². The van der Waals surface area contributed by atoms with Crippen molar-refractivity contribution in [2.75, 3.05) is 20.3 Å². The molecule has 0 saturated carbocycles. The number of carbonyl (C=O) groups excluding carboxylic acids is 1. The summed E-state index contributed by atoms with van der Waals surface area (Å²) in [6, 6.07) is 14.6. The molecule has 5 heteroatoms. The average molecular weight is 329 g/mol. The number of amides is 1. The van der Waals surface area contributed by atoms with Gasteiger partial charge in [-0.25, -0.2) is 0 Å². The van der Waals surface area contributed by atoms with Crippen LogP contribution in [-0.2, 0) is 4.74 Å². The predicted octanol–water partition coefficient (Wildman–Crippen LogP) is 3.30. The second kappa shape index (κ2) is 8.93. The van der Waals surface area contributed by atoms with Gasteiger partial charge in [0.25, 0.3) is 5.91 Å². The van der Waals surface area contributed by atoms with Crippen molar-refractivity contribution in [2.45, 2.75) is 19.4 Å². The normalized spacial score (nSPS) is 11.8. The first-order chi connectivity index (χ1) is 11.6. The maximum Gasteiger partial charge on any atom is 0.255 e. The lowest BCUT2D eigenvalue weighted by Gasteiger charge is -2.13. The van der Waals surface area contributed by atoms with E-state index in [0.29, 0.717) is 25.3 Å². The number of aromatic hydroxyl groups is 1. The highest BCUT2D eigenvalue weighted by Crippen LogP contribution is 2.23. The van der Waals surface area contributed by atoms with Crippen LogP contribution >= 0.6 is 0 Å². The first kappa shape index (κ1) is 17.8. The van der Waals surface area contributed by atoms with E-state index in [9.17, 15) is 9.90 Å². The Morgan fingerprint density at radius 3 is 2.62 bits per heavy atom. The van der Waals surface area contributed by atoms with Gasteiger partial charge in [-0.05, 0) is 31.0 Å². The summed E-state index contributed by atoms with van der Waals surface area (Å²) in [5.41, 5.74) is 1.36. The molecule has 0 spiro atoms. The van der Waals surface area contributed by atoms with Crippen LogP contribution < -0.4 is 10.1 Å². The summed E-state index contributed by atoms with van der Waals surface area (Å²) >= 11 is 0. The smallest absolute Gasteiger partial charge is 0.255 e. The number of hydrogen-bond acceptors (Lipinski definition) is 4. The van der Waals surface area contributed by atoms with Crippen molar-refractivity contribution in [2.24, 2.45) is 0 Å². The molecule has 5 nitrogen and oxygen atoms in total. The van der Waals surface area contributed by atoms with Gasteiger partial charge in [-0.15, -0.1) is 0 Å². The van der Waals surface area contributed by atoms with Crippen LogP contribution in [0.25, 0.3) is 0 Å². The third-order valence-electron chi connectivity index (χ3n) is 3.69. The molecule has 0 aliphatic rings. The third kappa shape index (κ3) is 4.99. The van der Waals surface area contributed by atoms with Crippen molar-refractivity contribution in [3.8, 4) is 11.5 Å². The third-order valence-corrected chi connectivity index (χ3v) is 3.69. The van der Waals surface area contributed by atoms with E-state index in [1.54, 1.807) is 6.07 Å². The molecule has 128 valence electrons. The maximum absolute atomic E-state index is 12.0. The van der Waals surface area contributed by atoms with Crippen LogP contribution in [0.1, 0.15) is 35.4 Å². The van der Waals surface area contributed by atoms with Crippen LogP contribution in [0.5, 0.6) is 11.5 Å². The Hall–Kier alpha value is -2.53. The summed E-state index contributed by atoms with van der Waals surface area (Å²) in [5.74, 6) is 0.0967. The molecule has 0 aliphatic carbocycles. The summed E-state index contributed by atoms with van der Waals surface area (Å²) < 4.78 is 10.7. The van der Waals surface area contributed by atoms with Crippen LogP contribution in [0.2, 0.25) is 0 Å². The minimum absolute atomic E-state index is 0.0209. The van der Waals surface area contributed by atoms with Crippen LogP contribution in [0.3, 0.4) is 0 Å². The molecular weight excluding hydrogens is 306 g/mol. The van der Waals surface area contributed by atoms with E-state index in [-0.39, 0.29) is 23.3 Å². The first-order valence-corrected chi connectivity index (χ1v) is 7.93. The van der Waals surface area contributed by atoms with E-state index in [1.165, 1.54) is 19.2 Å². The minimum atomic E-state index is -0.314. The highest BCUT2D eigenvalue weighted by molar-refractivity contribution is 5.96. The standard InChI is InChI=1S/C19H23NO4/c1-14(15-7-4-3-5-8-15)24-12-6-11-20-19(22)17-10-9-16(23-2)13-18(17)21/h3-5,7-10,13-14,21H,6,11-12H2,1-2H3,(H,20,22). The van der Waals surface area contributed by atoms with Gasteiger partial charge in [0.2, 0.25) is 0 Å². The monoisotopic (exact) mass is 329 g/mol. The zero-order valence-corrected chi connectivity index (χ0v) is 14.0. The highest BCUT2D eigenvalue weighted by Gasteiger charge is 2.11. The van der Waals surface area contributed by atoms with E-state index >= 15 is 0 Å². The van der Waals surface area contributed by atoms with Gasteiger partial charge in [0.15, 0.2) is 0 Å². The number of phenolic OH excluding ortho intramolecular Hbond substituents is 1. The number of hydrogen-bond donors (Lipinski definition) is 2. The zero-order chi connectivity index (χ0) is 17.4. The fourth-order valence-electron chi connectivity index (χ4n) is 2.28. The topological polar surface area (TPSA) is 67.8 Å². The van der Waals surface area contributed by atoms with Crippen LogP contribution in [0.4, 0.5) is 0 Å². The Labute approximate surface area is 142 Å². The molecule has 2 N–H and O–H groups in total. The van der Waals surface area contributed by atoms with Crippen LogP contribution in [0.15, 0.2) is 48.5 Å². The number of nitrogens with one attached hydrogen (secondary N) is 1. The van der Waals surface area contributed by atoms with Crippen molar-refractivity contribution in [3.05, 3.63) is 59.7 Å². The molecule has 2 aromatic rings. The molecule has 1 atom stereocenters. The lowest BCUT2D eigenvalue weighted by Crippen LogP contribution is -2.25. The molecule has 0 radical (unpaired) electrons. The Morgan fingerprint density at radius 1 is 1.21 bits per heavy atom. The summed E-state index contributed by atoms with van der Waals surface area (Å²) in [6.07, 6.45) is 0.715. The van der Waals surface area contributed by atoms with Gasteiger partial charge in [-0.1, -0.05) is 30.3 Å². The van der Waals surface area contributed by atoms with E-state index in [2.05, 4.69) is 5.32 Å². The van der Waals surface area contributed by atoms with Gasteiger partial charge >= 0.3 is 0 Å². The van der Waals surface area contributed by atoms with Gasteiger partial charge in [0, 0.05) is 19.2 Å². The van der Waals surface area contributed by atoms with Crippen LogP contribution in [0, 0.1) is 0 Å². The molecule has 24 heavy (non-hydrogen) atoms. The van der Waals surface area contributed by atoms with E-state index < -0.39 is 0 Å². The zero-order valence-electron chi connectivity index (χ0n) is 14.0. The molecule has 0 aromatic heterocycles. The van der Waals surface area contributed by atoms with Gasteiger partial charge in [-0.2, -0.15) is 0 Å². The largest absolute Gasteiger partial charge is 0.507 e. The second-order valence-electron chi connectivity index (χ2n) is 5.42. The SMILES string of the molecule is COc1ccc(C(=O)NCCCOC(C)c2ccccc2)c(O)c1. The van der Waals surface area contributed by atoms with Crippen molar-refractivity contribution >= 4 is 5.91 Å². The number of methoxy groups -OCH3 is 1. The van der Waals surface area contributed by atoms with E-state index in [0.717, 1.165) is 5.56 Å². The van der Waals surface area contributed by atoms with Crippen molar-refractivity contribution in [1.29, 1.82) is 0 Å². The molecular formula is C19H23NO4. The molecule has 0 fully saturated rings. The highest BCUT2D eigenvalue weighted by atomic mass is 16.5. The Kier molecular flexibility index (Phi) is 6.63. The molecule has 2 rings (SSSR count). The van der Waals surface area contributed by atoms with Crippen molar-refractivity contribution < 1.29 is 19.4 Å². The number of ether oxygens (including phenoxy) is 2. The number of benzene rings is 2. The number of rotatable bonds is 8. The molecule has 0 aliphatic heterocycles. The van der Waals surface area contributed by atoms with Gasteiger partial charge < -0.3 is 19.9 Å². The summed E-state index contributed by atoms with van der Waals surface area (Å²) in [6.45, 7) is 3.03. The van der Waals surface area contributed by atoms with Crippen molar-refractivity contribution in [3.63, 3.8) is 0 Å². The summed E-state index contributed by atoms with van der Waals surface area (Å²) in [5, 5.41) is 12.6. The maximum atomic E-state index is 12.0. The molecule has 1 unspecified atom stereocenters. The molecule has 2 aromatic carbocycles. The Morgan fingerprint density at radius 2 is 1.96 bits per heavy atom. The van der Waals surface area contributed by atoms with Crippen molar-refractivity contribution in [1.82, 2.24) is 5.32 Å². The Balaban J connectivity index is 1.71. The minimum Gasteiger partial charge on any atom is -0.507 e. The number of carbonyl (C=O) groups is 1. The molecule has 1 amide bonds. The lowest BCUT2D eigenvalue weighted by atomic mass is 10.1.